The van der Waals surface area contributed by atoms with Gasteiger partial charge in [-0.2, -0.15) is 8.42 Å². The van der Waals surface area contributed by atoms with Gasteiger partial charge in [0.15, 0.2) is 11.5 Å². The van der Waals surface area contributed by atoms with Crippen molar-refractivity contribution in [2.75, 3.05) is 27.0 Å². The van der Waals surface area contributed by atoms with E-state index in [1.54, 1.807) is 31.4 Å². The van der Waals surface area contributed by atoms with Gasteiger partial charge in [0.05, 0.1) is 25.6 Å². The molecule has 0 radical (unpaired) electrons. The second-order valence-corrected chi connectivity index (χ2v) is 14.5. The summed E-state index contributed by atoms with van der Waals surface area (Å²) in [6, 6.07) is 28.0. The third-order valence-corrected chi connectivity index (χ3v) is 9.93. The summed E-state index contributed by atoms with van der Waals surface area (Å²) in [7, 11) is -0.507. The molecule has 5 aromatic carbocycles. The summed E-state index contributed by atoms with van der Waals surface area (Å²) in [6.45, 7) is 2.32. The van der Waals surface area contributed by atoms with Crippen molar-refractivity contribution in [3.63, 3.8) is 0 Å². The molecule has 2 heterocycles. The van der Waals surface area contributed by atoms with Gasteiger partial charge in [-0.25, -0.2) is 0 Å². The Balaban J connectivity index is 0.000000152. The van der Waals surface area contributed by atoms with E-state index >= 15 is 0 Å². The smallest absolute Gasteiger partial charge is 0.261 e. The predicted molar refractivity (Wildman–Crippen MR) is 190 cm³/mol. The summed E-state index contributed by atoms with van der Waals surface area (Å²) >= 11 is 6.56. The van der Waals surface area contributed by atoms with Gasteiger partial charge in [-0.05, 0) is 74.5 Å². The van der Waals surface area contributed by atoms with Gasteiger partial charge in [0.1, 0.15) is 0 Å². The Morgan fingerprint density at radius 3 is 2.23 bits per heavy atom. The zero-order chi connectivity index (χ0) is 34.2. The van der Waals surface area contributed by atoms with Gasteiger partial charge in [-0.3, -0.25) is 9.45 Å². The van der Waals surface area contributed by atoms with Gasteiger partial charge in [0, 0.05) is 49.5 Å². The summed E-state index contributed by atoms with van der Waals surface area (Å²) in [6.07, 6.45) is 3.34. The molecule has 5 aromatic rings. The fraction of sp³-hybridized carbons (Fsp3) is 0.316. The molecule has 0 spiro atoms. The van der Waals surface area contributed by atoms with Crippen molar-refractivity contribution in [2.45, 2.75) is 50.5 Å². The third-order valence-electron chi connectivity index (χ3n) is 9.59. The number of aliphatic hydroxyl groups is 1. The van der Waals surface area contributed by atoms with E-state index in [0.717, 1.165) is 39.2 Å². The molecule has 3 atom stereocenters. The Hall–Kier alpha value is -3.70. The maximum Gasteiger partial charge on any atom is 0.261 e. The average molecular weight is 690 g/mol. The maximum atomic E-state index is 10.3. The molecule has 10 heteroatoms. The van der Waals surface area contributed by atoms with Crippen LogP contribution in [0.1, 0.15) is 39.4 Å². The Bertz CT molecular complexity index is 2080. The van der Waals surface area contributed by atoms with Crippen LogP contribution >= 0.6 is 11.6 Å². The molecule has 0 aromatic heterocycles. The van der Waals surface area contributed by atoms with Crippen LogP contribution in [-0.4, -0.2) is 67.3 Å². The van der Waals surface area contributed by atoms with Crippen LogP contribution in [0.25, 0.3) is 21.5 Å². The monoisotopic (exact) mass is 689 g/mol. The molecule has 8 nitrogen and oxygen atoms in total. The van der Waals surface area contributed by atoms with Gasteiger partial charge < -0.3 is 19.7 Å². The standard InChI is InChI=1S/C20H19ClO4.C17H17N.CH4O3S/c1-24-18-9-12-11-5-3-10-4-6-16(22)20(25-2)19(10)14(11)7-15(21)13(12)8-17(18)23;1-2-7-15-12-18-10-9-13-5-3-4-8-16(13)17(18)11-14(15)6-1;1-5(2,3)4/h3-7,17-18,22-23H,8-9H2,1-2H3;1-8,17H,9-12H2;1H3,(H,2,3,4). The van der Waals surface area contributed by atoms with Gasteiger partial charge in [-0.1, -0.05) is 78.3 Å². The normalized spacial score (nSPS) is 19.8. The molecule has 3 aliphatic rings. The summed E-state index contributed by atoms with van der Waals surface area (Å²) in [4.78, 5) is 2.64. The zero-order valence-electron chi connectivity index (χ0n) is 27.2. The van der Waals surface area contributed by atoms with Crippen LogP contribution in [0.15, 0.2) is 78.9 Å². The maximum absolute atomic E-state index is 10.3. The second kappa shape index (κ2) is 14.0. The lowest BCUT2D eigenvalue weighted by molar-refractivity contribution is -0.0158. The highest BCUT2D eigenvalue weighted by Crippen LogP contribution is 2.43. The number of rotatable bonds is 2. The summed E-state index contributed by atoms with van der Waals surface area (Å²) in [5, 5.41) is 24.8. The van der Waals surface area contributed by atoms with Crippen LogP contribution < -0.4 is 4.74 Å². The van der Waals surface area contributed by atoms with E-state index in [4.69, 9.17) is 25.6 Å². The summed E-state index contributed by atoms with van der Waals surface area (Å²) < 4.78 is 36.8. The number of aliphatic hydroxyl groups excluding tert-OH is 1. The van der Waals surface area contributed by atoms with E-state index in [-0.39, 0.29) is 11.9 Å². The first-order valence-electron chi connectivity index (χ1n) is 15.9. The highest BCUT2D eigenvalue weighted by atomic mass is 35.5. The number of ether oxygens (including phenoxy) is 2. The molecular weight excluding hydrogens is 650 g/mol. The van der Waals surface area contributed by atoms with Crippen molar-refractivity contribution in [3.05, 3.63) is 117 Å². The van der Waals surface area contributed by atoms with E-state index in [2.05, 4.69) is 59.5 Å². The zero-order valence-corrected chi connectivity index (χ0v) is 28.8. The quantitative estimate of drug-likeness (QED) is 0.139. The number of halogens is 1. The molecule has 48 heavy (non-hydrogen) atoms. The van der Waals surface area contributed by atoms with Crippen molar-refractivity contribution in [1.82, 2.24) is 4.90 Å². The van der Waals surface area contributed by atoms with Gasteiger partial charge in [0.2, 0.25) is 0 Å². The molecular formula is C38H40ClNO7S. The molecule has 1 aliphatic carbocycles. The molecule has 0 fully saturated rings. The van der Waals surface area contributed by atoms with Crippen LogP contribution in [0.2, 0.25) is 5.02 Å². The Labute approximate surface area is 286 Å². The lowest BCUT2D eigenvalue weighted by Crippen LogP contribution is -2.39. The molecule has 252 valence electrons. The Kier molecular flexibility index (Phi) is 9.99. The highest BCUT2D eigenvalue weighted by molar-refractivity contribution is 7.85. The van der Waals surface area contributed by atoms with Crippen LogP contribution in [-0.2, 0) is 47.1 Å². The van der Waals surface area contributed by atoms with Crippen molar-refractivity contribution < 1.29 is 32.7 Å². The molecule has 2 aliphatic heterocycles. The first-order chi connectivity index (χ1) is 23.0. The molecule has 0 saturated carbocycles. The molecule has 0 saturated heterocycles. The fourth-order valence-corrected chi connectivity index (χ4v) is 7.68. The number of benzene rings is 5. The number of nitrogens with zero attached hydrogens (tertiary/aromatic N) is 1. The van der Waals surface area contributed by atoms with Crippen molar-refractivity contribution >= 4 is 43.3 Å². The Morgan fingerprint density at radius 2 is 1.52 bits per heavy atom. The predicted octanol–water partition coefficient (Wildman–Crippen LogP) is 6.68. The minimum Gasteiger partial charge on any atom is -0.504 e. The first-order valence-corrected chi connectivity index (χ1v) is 18.1. The van der Waals surface area contributed by atoms with E-state index in [1.165, 1.54) is 30.5 Å². The number of phenolic OH excluding ortho intramolecular Hbond substituents is 1. The second-order valence-electron chi connectivity index (χ2n) is 12.6. The SMILES string of the molecule is COc1c(O)ccc2ccc3c4c(c(Cl)cc3c12)CC(O)C(OC)C4.CS(=O)(=O)O.c1ccc2c(c1)CC1c3ccccc3CCN1C2. The minimum absolute atomic E-state index is 0.0986. The van der Waals surface area contributed by atoms with E-state index in [1.807, 2.05) is 18.2 Å². The third kappa shape index (κ3) is 7.03. The van der Waals surface area contributed by atoms with Gasteiger partial charge in [-0.15, -0.1) is 0 Å². The number of phenols is 1. The lowest BCUT2D eigenvalue weighted by atomic mass is 9.83. The number of fused-ring (bicyclic) bond motifs is 9. The van der Waals surface area contributed by atoms with Crippen molar-refractivity contribution in [1.29, 1.82) is 0 Å². The van der Waals surface area contributed by atoms with Crippen molar-refractivity contribution in [3.8, 4) is 11.5 Å². The Morgan fingerprint density at radius 1 is 0.854 bits per heavy atom. The largest absolute Gasteiger partial charge is 0.504 e. The topological polar surface area (TPSA) is 117 Å². The van der Waals surface area contributed by atoms with Crippen molar-refractivity contribution in [2.24, 2.45) is 0 Å². The average Bonchev–Trinajstić information content (AvgIpc) is 3.07. The molecule has 0 amide bonds. The van der Waals surface area contributed by atoms with E-state index < -0.39 is 16.2 Å². The van der Waals surface area contributed by atoms with Crippen LogP contribution in [0.3, 0.4) is 0 Å². The summed E-state index contributed by atoms with van der Waals surface area (Å²) in [5.74, 6) is 0.541. The molecule has 3 N–H and O–H groups in total. The fourth-order valence-electron chi connectivity index (χ4n) is 7.38. The van der Waals surface area contributed by atoms with Crippen LogP contribution in [0, 0.1) is 0 Å². The number of hydrogen-bond acceptors (Lipinski definition) is 7. The van der Waals surface area contributed by atoms with E-state index in [9.17, 15) is 18.6 Å². The molecule has 8 rings (SSSR count). The van der Waals surface area contributed by atoms with E-state index in [0.29, 0.717) is 35.9 Å². The first kappa shape index (κ1) is 34.2. The van der Waals surface area contributed by atoms with Gasteiger partial charge >= 0.3 is 0 Å². The highest BCUT2D eigenvalue weighted by Gasteiger charge is 2.32. The summed E-state index contributed by atoms with van der Waals surface area (Å²) in [5.41, 5.74) is 8.22. The molecule has 0 bridgehead atoms. The minimum atomic E-state index is -3.67. The van der Waals surface area contributed by atoms with Crippen LogP contribution in [0.4, 0.5) is 0 Å². The van der Waals surface area contributed by atoms with Gasteiger partial charge in [0.25, 0.3) is 10.1 Å². The number of aromatic hydroxyl groups is 1. The van der Waals surface area contributed by atoms with Crippen LogP contribution in [0.5, 0.6) is 11.5 Å². The number of hydrogen-bond donors (Lipinski definition) is 3. The number of methoxy groups -OCH3 is 2. The molecule has 3 unspecified atom stereocenters. The lowest BCUT2D eigenvalue weighted by Gasteiger charge is -2.41.